The third-order valence-corrected chi connectivity index (χ3v) is 7.33. The van der Waals surface area contributed by atoms with Crippen molar-refractivity contribution in [3.8, 4) is 11.5 Å². The lowest BCUT2D eigenvalue weighted by Crippen LogP contribution is -2.30. The Morgan fingerprint density at radius 3 is 2.14 bits per heavy atom. The summed E-state index contributed by atoms with van der Waals surface area (Å²) < 4.78 is 11.4. The van der Waals surface area contributed by atoms with Crippen LogP contribution in [0.15, 0.2) is 112 Å². The summed E-state index contributed by atoms with van der Waals surface area (Å²) in [6.07, 6.45) is 1.61. The maximum absolute atomic E-state index is 13.3. The van der Waals surface area contributed by atoms with Crippen LogP contribution in [-0.2, 0) is 9.59 Å². The molecule has 0 atom stereocenters. The number of carbonyl (C=O) groups is 3. The molecule has 0 saturated heterocycles. The molecule has 0 bridgehead atoms. The molecular formula is C32H28BrN3O5S. The number of rotatable bonds is 11. The summed E-state index contributed by atoms with van der Waals surface area (Å²) in [5.41, 5.74) is 2.31. The van der Waals surface area contributed by atoms with Crippen molar-refractivity contribution in [2.45, 2.75) is 4.90 Å². The largest absolute Gasteiger partial charge is 0.497 e. The fraction of sp³-hybridized carbons (Fsp3) is 0.0938. The Hall–Kier alpha value is -4.54. The van der Waals surface area contributed by atoms with Gasteiger partial charge in [0.15, 0.2) is 0 Å². The predicted octanol–water partition coefficient (Wildman–Crippen LogP) is 6.61. The van der Waals surface area contributed by atoms with E-state index in [4.69, 9.17) is 9.47 Å². The smallest absolute Gasteiger partial charge is 0.272 e. The van der Waals surface area contributed by atoms with Gasteiger partial charge in [-0.15, -0.1) is 11.8 Å². The first-order valence-electron chi connectivity index (χ1n) is 12.7. The van der Waals surface area contributed by atoms with Gasteiger partial charge in [0.05, 0.1) is 20.0 Å². The first-order valence-corrected chi connectivity index (χ1v) is 14.5. The molecule has 3 N–H and O–H groups in total. The van der Waals surface area contributed by atoms with Crippen molar-refractivity contribution in [3.63, 3.8) is 0 Å². The summed E-state index contributed by atoms with van der Waals surface area (Å²) in [4.78, 5) is 39.6. The van der Waals surface area contributed by atoms with E-state index in [1.807, 2.05) is 36.4 Å². The molecule has 0 saturated carbocycles. The zero-order valence-electron chi connectivity index (χ0n) is 22.8. The average molecular weight is 647 g/mol. The molecule has 0 unspecified atom stereocenters. The van der Waals surface area contributed by atoms with Crippen LogP contribution in [0.25, 0.3) is 6.08 Å². The predicted molar refractivity (Wildman–Crippen MR) is 170 cm³/mol. The van der Waals surface area contributed by atoms with Crippen LogP contribution in [0.5, 0.6) is 11.5 Å². The molecule has 0 heterocycles. The normalized spacial score (nSPS) is 10.9. The zero-order chi connectivity index (χ0) is 29.9. The first kappa shape index (κ1) is 30.4. The molecular weight excluding hydrogens is 618 g/mol. The van der Waals surface area contributed by atoms with Crippen LogP contribution in [0, 0.1) is 0 Å². The zero-order valence-corrected chi connectivity index (χ0v) is 25.3. The molecule has 0 fully saturated rings. The van der Waals surface area contributed by atoms with Crippen molar-refractivity contribution >= 4 is 62.9 Å². The molecule has 0 radical (unpaired) electrons. The van der Waals surface area contributed by atoms with Crippen LogP contribution in [0.1, 0.15) is 15.9 Å². The number of ether oxygens (including phenoxy) is 2. The minimum absolute atomic E-state index is 0.0809. The van der Waals surface area contributed by atoms with Gasteiger partial charge in [-0.3, -0.25) is 14.4 Å². The monoisotopic (exact) mass is 645 g/mol. The molecule has 0 spiro atoms. The van der Waals surface area contributed by atoms with Crippen LogP contribution in [0.2, 0.25) is 0 Å². The summed E-state index contributed by atoms with van der Waals surface area (Å²) in [5, 5.41) is 8.43. The maximum Gasteiger partial charge on any atom is 0.272 e. The molecule has 0 aliphatic carbocycles. The first-order chi connectivity index (χ1) is 20.3. The summed E-state index contributed by atoms with van der Waals surface area (Å²) in [6.45, 7) is 0. The molecule has 10 heteroatoms. The SMILES string of the molecule is COc1cc(NC(=O)CSc2cccc(NC(=O)/C(=C/c3ccc(Br)cc3)NC(=O)c3ccccc3)c2)cc(OC)c1. The van der Waals surface area contributed by atoms with Crippen molar-refractivity contribution < 1.29 is 23.9 Å². The van der Waals surface area contributed by atoms with Crippen molar-refractivity contribution in [1.82, 2.24) is 5.32 Å². The number of hydrogen-bond donors (Lipinski definition) is 3. The number of anilines is 2. The molecule has 4 aromatic carbocycles. The van der Waals surface area contributed by atoms with E-state index in [0.29, 0.717) is 28.4 Å². The van der Waals surface area contributed by atoms with Crippen molar-refractivity contribution in [1.29, 1.82) is 0 Å². The van der Waals surface area contributed by atoms with Gasteiger partial charge in [-0.2, -0.15) is 0 Å². The van der Waals surface area contributed by atoms with E-state index in [-0.39, 0.29) is 17.4 Å². The van der Waals surface area contributed by atoms with Gasteiger partial charge in [0.2, 0.25) is 5.91 Å². The van der Waals surface area contributed by atoms with E-state index in [1.165, 1.54) is 11.8 Å². The minimum atomic E-state index is -0.492. The average Bonchev–Trinajstić information content (AvgIpc) is 3.01. The van der Waals surface area contributed by atoms with Crippen LogP contribution in [0.4, 0.5) is 11.4 Å². The van der Waals surface area contributed by atoms with Gasteiger partial charge in [-0.25, -0.2) is 0 Å². The van der Waals surface area contributed by atoms with E-state index in [0.717, 1.165) is 14.9 Å². The topological polar surface area (TPSA) is 106 Å². The van der Waals surface area contributed by atoms with Gasteiger partial charge in [-0.1, -0.05) is 52.3 Å². The number of carbonyl (C=O) groups excluding carboxylic acids is 3. The van der Waals surface area contributed by atoms with Crippen LogP contribution < -0.4 is 25.4 Å². The summed E-state index contributed by atoms with van der Waals surface area (Å²) in [7, 11) is 3.08. The Balaban J connectivity index is 1.43. The summed E-state index contributed by atoms with van der Waals surface area (Å²) in [6, 6.07) is 28.3. The molecule has 4 rings (SSSR count). The fourth-order valence-electron chi connectivity index (χ4n) is 3.76. The number of hydrogen-bond acceptors (Lipinski definition) is 6. The third-order valence-electron chi connectivity index (χ3n) is 5.81. The number of nitrogens with one attached hydrogen (secondary N) is 3. The quantitative estimate of drug-likeness (QED) is 0.125. The lowest BCUT2D eigenvalue weighted by atomic mass is 10.1. The van der Waals surface area contributed by atoms with Crippen LogP contribution >= 0.6 is 27.7 Å². The van der Waals surface area contributed by atoms with Gasteiger partial charge in [-0.05, 0) is 54.1 Å². The second kappa shape index (κ2) is 14.9. The lowest BCUT2D eigenvalue weighted by Gasteiger charge is -2.12. The van der Waals surface area contributed by atoms with Gasteiger partial charge >= 0.3 is 0 Å². The van der Waals surface area contributed by atoms with Crippen molar-refractivity contribution in [2.24, 2.45) is 0 Å². The van der Waals surface area contributed by atoms with Gasteiger partial charge in [0.25, 0.3) is 11.8 Å². The molecule has 3 amide bonds. The number of methoxy groups -OCH3 is 2. The van der Waals surface area contributed by atoms with Crippen LogP contribution in [0.3, 0.4) is 0 Å². The molecule has 0 aliphatic heterocycles. The Morgan fingerprint density at radius 1 is 0.786 bits per heavy atom. The van der Waals surface area contributed by atoms with E-state index >= 15 is 0 Å². The number of thioether (sulfide) groups is 1. The van der Waals surface area contributed by atoms with Gasteiger partial charge in [0.1, 0.15) is 17.2 Å². The Labute approximate surface area is 256 Å². The third kappa shape index (κ3) is 8.98. The van der Waals surface area contributed by atoms with E-state index in [1.54, 1.807) is 81.0 Å². The molecule has 8 nitrogen and oxygen atoms in total. The summed E-state index contributed by atoms with van der Waals surface area (Å²) >= 11 is 4.72. The Kier molecular flexibility index (Phi) is 10.8. The van der Waals surface area contributed by atoms with Crippen molar-refractivity contribution in [3.05, 3.63) is 118 Å². The highest BCUT2D eigenvalue weighted by Crippen LogP contribution is 2.27. The summed E-state index contributed by atoms with van der Waals surface area (Å²) in [5.74, 6) is 0.155. The second-order valence-corrected chi connectivity index (χ2v) is 10.8. The van der Waals surface area contributed by atoms with Crippen molar-refractivity contribution in [2.75, 3.05) is 30.6 Å². The maximum atomic E-state index is 13.3. The fourth-order valence-corrected chi connectivity index (χ4v) is 4.78. The van der Waals surface area contributed by atoms with Crippen LogP contribution in [-0.4, -0.2) is 37.7 Å². The highest BCUT2D eigenvalue weighted by Gasteiger charge is 2.16. The Bertz CT molecular complexity index is 1570. The minimum Gasteiger partial charge on any atom is -0.497 e. The van der Waals surface area contributed by atoms with E-state index in [2.05, 4.69) is 31.9 Å². The molecule has 4 aromatic rings. The second-order valence-electron chi connectivity index (χ2n) is 8.85. The van der Waals surface area contributed by atoms with E-state index in [9.17, 15) is 14.4 Å². The molecule has 214 valence electrons. The van der Waals surface area contributed by atoms with Gasteiger partial charge in [0, 0.05) is 44.5 Å². The lowest BCUT2D eigenvalue weighted by molar-refractivity contribution is -0.114. The van der Waals surface area contributed by atoms with E-state index < -0.39 is 11.8 Å². The Morgan fingerprint density at radius 2 is 1.48 bits per heavy atom. The number of amides is 3. The highest BCUT2D eigenvalue weighted by molar-refractivity contribution is 9.10. The molecule has 0 aliphatic rings. The number of benzene rings is 4. The standard InChI is InChI=1S/C32H28BrN3O5S/c1-40-26-16-25(17-27(19-26)41-2)34-30(37)20-42-28-10-6-9-24(18-28)35-32(39)29(15-21-11-13-23(33)14-12-21)36-31(38)22-7-4-3-5-8-22/h3-19H,20H2,1-2H3,(H,34,37)(H,35,39)(H,36,38)/b29-15-. The highest BCUT2D eigenvalue weighted by atomic mass is 79.9. The number of halogens is 1. The molecule has 42 heavy (non-hydrogen) atoms. The molecule has 0 aromatic heterocycles. The van der Waals surface area contributed by atoms with Gasteiger partial charge < -0.3 is 25.4 Å².